The Morgan fingerprint density at radius 2 is 2.17 bits per heavy atom. The van der Waals surface area contributed by atoms with E-state index < -0.39 is 0 Å². The molecule has 0 aromatic carbocycles. The third-order valence-electron chi connectivity index (χ3n) is 2.16. The molecule has 3 N–H and O–H groups in total. The average Bonchev–Trinajstić information content (AvgIpc) is 2.50. The fourth-order valence-electron chi connectivity index (χ4n) is 1.29. The number of hydrogen-bond donors (Lipinski definition) is 2. The molecule has 0 saturated carbocycles. The number of aromatic nitrogens is 2. The number of nitrogens with two attached hydrogens (primary N) is 1. The topological polar surface area (TPSA) is 54.7 Å². The van der Waals surface area contributed by atoms with Crippen LogP contribution in [0.1, 0.15) is 43.9 Å². The van der Waals surface area contributed by atoms with Crippen LogP contribution < -0.4 is 5.73 Å². The molecular weight excluding hydrogens is 150 g/mol. The lowest BCUT2D eigenvalue weighted by Gasteiger charge is -2.10. The molecule has 1 aromatic heterocycles. The summed E-state index contributed by atoms with van der Waals surface area (Å²) in [5, 5.41) is 7.05. The zero-order valence-electron chi connectivity index (χ0n) is 7.96. The predicted molar refractivity (Wildman–Crippen MR) is 50.1 cm³/mol. The fourth-order valence-corrected chi connectivity index (χ4v) is 1.29. The minimum Gasteiger partial charge on any atom is -0.330 e. The maximum atomic E-state index is 5.59. The van der Waals surface area contributed by atoms with Crippen molar-refractivity contribution in [2.24, 2.45) is 5.73 Å². The van der Waals surface area contributed by atoms with Crippen LogP contribution in [0.4, 0.5) is 0 Å². The Bertz CT molecular complexity index is 240. The Morgan fingerprint density at radius 3 is 2.67 bits per heavy atom. The van der Waals surface area contributed by atoms with Crippen molar-refractivity contribution in [3.8, 4) is 0 Å². The molecule has 1 unspecified atom stereocenters. The zero-order valence-corrected chi connectivity index (χ0v) is 7.96. The summed E-state index contributed by atoms with van der Waals surface area (Å²) in [6, 6.07) is 0. The highest BCUT2D eigenvalue weighted by atomic mass is 15.1. The molecule has 0 aliphatic carbocycles. The number of H-pyrrole nitrogens is 1. The molecule has 0 radical (unpaired) electrons. The van der Waals surface area contributed by atoms with Gasteiger partial charge in [0.1, 0.15) is 0 Å². The summed E-state index contributed by atoms with van der Waals surface area (Å²) in [5.41, 5.74) is 8.06. The van der Waals surface area contributed by atoms with E-state index in [-0.39, 0.29) is 0 Å². The van der Waals surface area contributed by atoms with Crippen LogP contribution in [0.2, 0.25) is 0 Å². The van der Waals surface area contributed by atoms with Crippen LogP contribution in [0.15, 0.2) is 6.20 Å². The summed E-state index contributed by atoms with van der Waals surface area (Å²) in [6.07, 6.45) is 1.88. The molecular formula is C9H17N3. The molecule has 1 rings (SSSR count). The van der Waals surface area contributed by atoms with Gasteiger partial charge in [0.05, 0.1) is 6.20 Å². The van der Waals surface area contributed by atoms with Crippen molar-refractivity contribution >= 4 is 0 Å². The van der Waals surface area contributed by atoms with Crippen molar-refractivity contribution in [1.82, 2.24) is 10.2 Å². The predicted octanol–water partition coefficient (Wildman–Crippen LogP) is 1.60. The van der Waals surface area contributed by atoms with Crippen LogP contribution in [-0.4, -0.2) is 16.7 Å². The van der Waals surface area contributed by atoms with Crippen LogP contribution >= 0.6 is 0 Å². The molecule has 0 bridgehead atoms. The molecule has 0 saturated heterocycles. The highest BCUT2D eigenvalue weighted by Gasteiger charge is 2.13. The van der Waals surface area contributed by atoms with E-state index in [1.807, 2.05) is 6.20 Å². The lowest BCUT2D eigenvalue weighted by Crippen LogP contribution is -2.10. The highest BCUT2D eigenvalue weighted by molar-refractivity contribution is 5.23. The number of nitrogens with zero attached hydrogens (tertiary/aromatic N) is 1. The summed E-state index contributed by atoms with van der Waals surface area (Å²) in [4.78, 5) is 0. The van der Waals surface area contributed by atoms with E-state index in [0.717, 1.165) is 0 Å². The van der Waals surface area contributed by atoms with Crippen LogP contribution in [0.5, 0.6) is 0 Å². The molecule has 0 spiro atoms. The molecule has 1 atom stereocenters. The molecule has 3 heteroatoms. The normalized spacial score (nSPS) is 13.8. The van der Waals surface area contributed by atoms with Crippen molar-refractivity contribution in [1.29, 1.82) is 0 Å². The average molecular weight is 167 g/mol. The van der Waals surface area contributed by atoms with Gasteiger partial charge in [-0.05, 0) is 23.9 Å². The van der Waals surface area contributed by atoms with Crippen LogP contribution in [0.3, 0.4) is 0 Å². The minimum absolute atomic E-state index is 0.404. The quantitative estimate of drug-likeness (QED) is 0.718. The van der Waals surface area contributed by atoms with E-state index in [2.05, 4.69) is 31.0 Å². The molecule has 3 nitrogen and oxygen atoms in total. The van der Waals surface area contributed by atoms with Crippen LogP contribution in [0.25, 0.3) is 0 Å². The number of rotatable bonds is 3. The number of nitrogens with one attached hydrogen (secondary N) is 1. The molecule has 0 amide bonds. The van der Waals surface area contributed by atoms with Crippen LogP contribution in [-0.2, 0) is 0 Å². The summed E-state index contributed by atoms with van der Waals surface area (Å²) >= 11 is 0. The lowest BCUT2D eigenvalue weighted by molar-refractivity contribution is 0.730. The molecule has 1 aromatic rings. The van der Waals surface area contributed by atoms with Gasteiger partial charge in [0.15, 0.2) is 0 Å². The second-order valence-corrected chi connectivity index (χ2v) is 3.53. The van der Waals surface area contributed by atoms with Crippen molar-refractivity contribution in [2.45, 2.75) is 32.6 Å². The SMILES string of the molecule is CC(C)c1[nH]ncc1C(C)CN. The van der Waals surface area contributed by atoms with Gasteiger partial charge >= 0.3 is 0 Å². The van der Waals surface area contributed by atoms with Gasteiger partial charge in [-0.25, -0.2) is 0 Å². The van der Waals surface area contributed by atoms with Gasteiger partial charge in [-0.1, -0.05) is 20.8 Å². The van der Waals surface area contributed by atoms with Gasteiger partial charge in [0, 0.05) is 5.69 Å². The Hall–Kier alpha value is -0.830. The Balaban J connectivity index is 2.91. The van der Waals surface area contributed by atoms with Gasteiger partial charge in [0.25, 0.3) is 0 Å². The van der Waals surface area contributed by atoms with E-state index >= 15 is 0 Å². The molecule has 1 heterocycles. The van der Waals surface area contributed by atoms with Crippen molar-refractivity contribution in [3.63, 3.8) is 0 Å². The van der Waals surface area contributed by atoms with E-state index in [1.165, 1.54) is 11.3 Å². The first-order valence-electron chi connectivity index (χ1n) is 4.40. The number of aromatic amines is 1. The summed E-state index contributed by atoms with van der Waals surface area (Å²) in [5.74, 6) is 0.901. The molecule has 0 aliphatic rings. The van der Waals surface area contributed by atoms with Gasteiger partial charge in [-0.2, -0.15) is 5.10 Å². The largest absolute Gasteiger partial charge is 0.330 e. The third-order valence-corrected chi connectivity index (χ3v) is 2.16. The Kier molecular flexibility index (Phi) is 2.87. The summed E-state index contributed by atoms with van der Waals surface area (Å²) in [7, 11) is 0. The summed E-state index contributed by atoms with van der Waals surface area (Å²) in [6.45, 7) is 7.11. The van der Waals surface area contributed by atoms with E-state index in [4.69, 9.17) is 5.73 Å². The van der Waals surface area contributed by atoms with Crippen molar-refractivity contribution in [2.75, 3.05) is 6.54 Å². The second kappa shape index (κ2) is 3.72. The first-order valence-corrected chi connectivity index (χ1v) is 4.40. The van der Waals surface area contributed by atoms with Gasteiger partial charge in [-0.15, -0.1) is 0 Å². The van der Waals surface area contributed by atoms with E-state index in [9.17, 15) is 0 Å². The van der Waals surface area contributed by atoms with Crippen molar-refractivity contribution in [3.05, 3.63) is 17.5 Å². The Morgan fingerprint density at radius 1 is 1.50 bits per heavy atom. The van der Waals surface area contributed by atoms with E-state index in [1.54, 1.807) is 0 Å². The monoisotopic (exact) mass is 167 g/mol. The Labute approximate surface area is 73.4 Å². The lowest BCUT2D eigenvalue weighted by atomic mass is 9.97. The van der Waals surface area contributed by atoms with E-state index in [0.29, 0.717) is 18.4 Å². The summed E-state index contributed by atoms with van der Waals surface area (Å²) < 4.78 is 0. The molecule has 0 aliphatic heterocycles. The second-order valence-electron chi connectivity index (χ2n) is 3.53. The maximum Gasteiger partial charge on any atom is 0.0525 e. The molecule has 0 fully saturated rings. The number of hydrogen-bond acceptors (Lipinski definition) is 2. The first-order chi connectivity index (χ1) is 5.66. The zero-order chi connectivity index (χ0) is 9.14. The minimum atomic E-state index is 0.404. The highest BCUT2D eigenvalue weighted by Crippen LogP contribution is 2.22. The molecule has 68 valence electrons. The third kappa shape index (κ3) is 1.67. The standard InChI is InChI=1S/C9H17N3/c1-6(2)9-8(5-11-12-9)7(3)4-10/h5-7H,4,10H2,1-3H3,(H,11,12). The maximum absolute atomic E-state index is 5.59. The first kappa shape index (κ1) is 9.26. The molecule has 12 heavy (non-hydrogen) atoms. The van der Waals surface area contributed by atoms with Crippen LogP contribution in [0, 0.1) is 0 Å². The smallest absolute Gasteiger partial charge is 0.0525 e. The van der Waals surface area contributed by atoms with Gasteiger partial charge < -0.3 is 5.73 Å². The fraction of sp³-hybridized carbons (Fsp3) is 0.667. The van der Waals surface area contributed by atoms with Crippen molar-refractivity contribution < 1.29 is 0 Å². The van der Waals surface area contributed by atoms with Gasteiger partial charge in [-0.3, -0.25) is 5.10 Å². The van der Waals surface area contributed by atoms with Gasteiger partial charge in [0.2, 0.25) is 0 Å².